The van der Waals surface area contributed by atoms with Crippen molar-refractivity contribution in [1.29, 1.82) is 0 Å². The lowest BCUT2D eigenvalue weighted by Gasteiger charge is -2.24. The van der Waals surface area contributed by atoms with E-state index in [0.717, 1.165) is 44.3 Å². The Hall–Kier alpha value is -1.36. The molecule has 1 N–H and O–H groups in total. The summed E-state index contributed by atoms with van der Waals surface area (Å²) in [4.78, 5) is 11.4. The molecule has 0 bridgehead atoms. The first-order valence-electron chi connectivity index (χ1n) is 8.00. The van der Waals surface area contributed by atoms with Crippen molar-refractivity contribution in [2.75, 3.05) is 43.6 Å². The molecule has 1 aliphatic heterocycles. The van der Waals surface area contributed by atoms with Crippen LogP contribution in [0.4, 0.5) is 11.6 Å². The number of nitrogens with zero attached hydrogens (tertiary/aromatic N) is 3. The molecule has 1 aromatic rings. The second-order valence-corrected chi connectivity index (χ2v) is 6.10. The lowest BCUT2D eigenvalue weighted by molar-refractivity contribution is 0.161. The molecule has 0 aliphatic carbocycles. The van der Waals surface area contributed by atoms with Gasteiger partial charge in [-0.05, 0) is 18.8 Å². The summed E-state index contributed by atoms with van der Waals surface area (Å²) in [6, 6.07) is 0. The molecule has 0 amide bonds. The monoisotopic (exact) mass is 292 g/mol. The Balaban J connectivity index is 2.22. The Kier molecular flexibility index (Phi) is 5.79. The molecule has 118 valence electrons. The molecule has 0 radical (unpaired) electrons. The van der Waals surface area contributed by atoms with E-state index in [9.17, 15) is 0 Å². The van der Waals surface area contributed by atoms with Gasteiger partial charge in [0.05, 0.1) is 6.61 Å². The van der Waals surface area contributed by atoms with Gasteiger partial charge < -0.3 is 15.0 Å². The third-order valence-corrected chi connectivity index (χ3v) is 3.97. The predicted octanol–water partition coefficient (Wildman–Crippen LogP) is 2.89. The highest BCUT2D eigenvalue weighted by Crippen LogP contribution is 2.33. The molecule has 1 fully saturated rings. The van der Waals surface area contributed by atoms with Crippen LogP contribution in [0.2, 0.25) is 0 Å². The van der Waals surface area contributed by atoms with Crippen LogP contribution in [0.3, 0.4) is 0 Å². The molecule has 2 rings (SSSR count). The van der Waals surface area contributed by atoms with Crippen LogP contribution in [0.25, 0.3) is 0 Å². The number of methoxy groups -OCH3 is 1. The van der Waals surface area contributed by atoms with Crippen LogP contribution in [0.15, 0.2) is 6.33 Å². The molecule has 0 saturated carbocycles. The maximum Gasteiger partial charge on any atom is 0.137 e. The van der Waals surface area contributed by atoms with E-state index >= 15 is 0 Å². The van der Waals surface area contributed by atoms with Crippen LogP contribution in [0.1, 0.15) is 45.1 Å². The summed E-state index contributed by atoms with van der Waals surface area (Å²) in [5.41, 5.74) is 1.24. The number of aromatic nitrogens is 2. The van der Waals surface area contributed by atoms with Crippen LogP contribution in [-0.4, -0.2) is 43.3 Å². The Bertz CT molecular complexity index is 450. The molecule has 0 aromatic carbocycles. The SMILES string of the molecule is CCCNc1ncnc(N2CCC(COC)C2)c1C(C)C. The van der Waals surface area contributed by atoms with E-state index in [0.29, 0.717) is 11.8 Å². The highest BCUT2D eigenvalue weighted by molar-refractivity contribution is 5.60. The average Bonchev–Trinajstić information content (AvgIpc) is 2.93. The van der Waals surface area contributed by atoms with Gasteiger partial charge in [-0.25, -0.2) is 9.97 Å². The van der Waals surface area contributed by atoms with Crippen molar-refractivity contribution in [1.82, 2.24) is 9.97 Å². The van der Waals surface area contributed by atoms with Gasteiger partial charge in [0, 0.05) is 38.2 Å². The van der Waals surface area contributed by atoms with Crippen LogP contribution in [-0.2, 0) is 4.74 Å². The van der Waals surface area contributed by atoms with Gasteiger partial charge in [-0.2, -0.15) is 0 Å². The van der Waals surface area contributed by atoms with E-state index in [1.54, 1.807) is 13.4 Å². The fourth-order valence-electron chi connectivity index (χ4n) is 2.95. The third-order valence-electron chi connectivity index (χ3n) is 3.97. The summed E-state index contributed by atoms with van der Waals surface area (Å²) in [6.07, 6.45) is 3.95. The second kappa shape index (κ2) is 7.59. The van der Waals surface area contributed by atoms with Crippen LogP contribution in [0.5, 0.6) is 0 Å². The first-order chi connectivity index (χ1) is 10.2. The van der Waals surface area contributed by atoms with Gasteiger partial charge in [0.15, 0.2) is 0 Å². The molecular weight excluding hydrogens is 264 g/mol. The van der Waals surface area contributed by atoms with Crippen molar-refractivity contribution in [3.63, 3.8) is 0 Å². The molecule has 5 nitrogen and oxygen atoms in total. The van der Waals surface area contributed by atoms with E-state index in [2.05, 4.69) is 41.0 Å². The van der Waals surface area contributed by atoms with E-state index in [1.165, 1.54) is 12.0 Å². The van der Waals surface area contributed by atoms with Crippen LogP contribution in [0, 0.1) is 5.92 Å². The highest BCUT2D eigenvalue weighted by atomic mass is 16.5. The normalized spacial score (nSPS) is 18.5. The van der Waals surface area contributed by atoms with E-state index in [4.69, 9.17) is 4.74 Å². The first kappa shape index (κ1) is 16.0. The minimum Gasteiger partial charge on any atom is -0.384 e. The van der Waals surface area contributed by atoms with E-state index in [1.807, 2.05) is 0 Å². The van der Waals surface area contributed by atoms with Crippen molar-refractivity contribution >= 4 is 11.6 Å². The molecule has 1 saturated heterocycles. The minimum absolute atomic E-state index is 0.405. The van der Waals surface area contributed by atoms with Gasteiger partial charge in [0.25, 0.3) is 0 Å². The lowest BCUT2D eigenvalue weighted by Crippen LogP contribution is -2.24. The number of rotatable bonds is 7. The summed E-state index contributed by atoms with van der Waals surface area (Å²) in [6.45, 7) is 10.4. The summed E-state index contributed by atoms with van der Waals surface area (Å²) in [7, 11) is 1.78. The molecule has 5 heteroatoms. The van der Waals surface area contributed by atoms with Gasteiger partial charge in [-0.1, -0.05) is 20.8 Å². The zero-order chi connectivity index (χ0) is 15.2. The largest absolute Gasteiger partial charge is 0.384 e. The Morgan fingerprint density at radius 3 is 2.90 bits per heavy atom. The number of ether oxygens (including phenoxy) is 1. The summed E-state index contributed by atoms with van der Waals surface area (Å²) in [5.74, 6) is 3.10. The maximum absolute atomic E-state index is 5.29. The molecule has 1 atom stereocenters. The van der Waals surface area contributed by atoms with Crippen molar-refractivity contribution in [2.45, 2.75) is 39.5 Å². The van der Waals surface area contributed by atoms with Gasteiger partial charge in [0.1, 0.15) is 18.0 Å². The molecule has 1 aromatic heterocycles. The zero-order valence-corrected chi connectivity index (χ0v) is 13.7. The van der Waals surface area contributed by atoms with Crippen molar-refractivity contribution in [3.8, 4) is 0 Å². The Morgan fingerprint density at radius 1 is 1.43 bits per heavy atom. The van der Waals surface area contributed by atoms with Gasteiger partial charge in [-0.3, -0.25) is 0 Å². The topological polar surface area (TPSA) is 50.3 Å². The Morgan fingerprint density at radius 2 is 2.24 bits per heavy atom. The van der Waals surface area contributed by atoms with E-state index in [-0.39, 0.29) is 0 Å². The smallest absolute Gasteiger partial charge is 0.137 e. The number of anilines is 2. The standard InChI is InChI=1S/C16H28N4O/c1-5-7-17-15-14(12(2)3)16(19-11-18-15)20-8-6-13(9-20)10-21-4/h11-13H,5-10H2,1-4H3,(H,17,18,19). The number of hydrogen-bond acceptors (Lipinski definition) is 5. The van der Waals surface area contributed by atoms with Gasteiger partial charge in [-0.15, -0.1) is 0 Å². The number of hydrogen-bond donors (Lipinski definition) is 1. The maximum atomic E-state index is 5.29. The van der Waals surface area contributed by atoms with Crippen LogP contribution < -0.4 is 10.2 Å². The average molecular weight is 292 g/mol. The molecule has 21 heavy (non-hydrogen) atoms. The van der Waals surface area contributed by atoms with Gasteiger partial charge >= 0.3 is 0 Å². The minimum atomic E-state index is 0.405. The quantitative estimate of drug-likeness (QED) is 0.837. The lowest BCUT2D eigenvalue weighted by atomic mass is 10.0. The summed E-state index contributed by atoms with van der Waals surface area (Å²) < 4.78 is 5.29. The van der Waals surface area contributed by atoms with Crippen molar-refractivity contribution in [3.05, 3.63) is 11.9 Å². The summed E-state index contributed by atoms with van der Waals surface area (Å²) in [5, 5.41) is 3.44. The number of nitrogens with one attached hydrogen (secondary N) is 1. The fraction of sp³-hybridized carbons (Fsp3) is 0.750. The van der Waals surface area contributed by atoms with Crippen molar-refractivity contribution < 1.29 is 4.74 Å². The molecule has 0 spiro atoms. The molecule has 1 unspecified atom stereocenters. The first-order valence-corrected chi connectivity index (χ1v) is 8.00. The van der Waals surface area contributed by atoms with Crippen LogP contribution >= 0.6 is 0 Å². The van der Waals surface area contributed by atoms with Gasteiger partial charge in [0.2, 0.25) is 0 Å². The molecule has 2 heterocycles. The molecular formula is C16H28N4O. The highest BCUT2D eigenvalue weighted by Gasteiger charge is 2.27. The zero-order valence-electron chi connectivity index (χ0n) is 13.7. The second-order valence-electron chi connectivity index (χ2n) is 6.10. The third kappa shape index (κ3) is 3.84. The van der Waals surface area contributed by atoms with E-state index < -0.39 is 0 Å². The fourth-order valence-corrected chi connectivity index (χ4v) is 2.95. The molecule has 1 aliphatic rings. The Labute approximate surface area is 128 Å². The summed E-state index contributed by atoms with van der Waals surface area (Å²) >= 11 is 0. The van der Waals surface area contributed by atoms with Crippen molar-refractivity contribution in [2.24, 2.45) is 5.92 Å². The predicted molar refractivity (Wildman–Crippen MR) is 87.1 cm³/mol.